The van der Waals surface area contributed by atoms with Crippen LogP contribution in [0.3, 0.4) is 0 Å². The van der Waals surface area contributed by atoms with Crippen molar-refractivity contribution in [3.63, 3.8) is 0 Å². The van der Waals surface area contributed by atoms with Crippen molar-refractivity contribution in [3.8, 4) is 5.75 Å². The first-order chi connectivity index (χ1) is 13.3. The topological polar surface area (TPSA) is 75.7 Å². The molecule has 0 aliphatic carbocycles. The maximum atomic E-state index is 12.9. The molecule has 0 unspecified atom stereocenters. The molecule has 0 aliphatic rings. The van der Waals surface area contributed by atoms with Crippen LogP contribution in [-0.4, -0.2) is 33.7 Å². The lowest BCUT2D eigenvalue weighted by Crippen LogP contribution is -2.30. The Morgan fingerprint density at radius 3 is 2.28 bits per heavy atom. The van der Waals surface area contributed by atoms with Crippen LogP contribution in [0.2, 0.25) is 5.02 Å². The van der Waals surface area contributed by atoms with Gasteiger partial charge in [0.25, 0.3) is 5.91 Å². The summed E-state index contributed by atoms with van der Waals surface area (Å²) in [4.78, 5) is 12.2. The molecule has 6 nitrogen and oxygen atoms in total. The fourth-order valence-electron chi connectivity index (χ4n) is 2.25. The standard InChI is InChI=1S/C18H18ClF3N2O4S/c1-11(28-14-7-5-13(6-8-14)24(2)29(3,26)27)17(25)23-12-4-9-16(19)15(10-12)18(20,21)22/h4-11H,1-3H3,(H,23,25)/t11-/m1/s1. The van der Waals surface area contributed by atoms with Crippen LogP contribution < -0.4 is 14.4 Å². The third-order valence-electron chi connectivity index (χ3n) is 3.92. The molecule has 0 spiro atoms. The zero-order valence-electron chi connectivity index (χ0n) is 15.6. The smallest absolute Gasteiger partial charge is 0.417 e. The predicted molar refractivity (Wildman–Crippen MR) is 105 cm³/mol. The van der Waals surface area contributed by atoms with Crippen LogP contribution >= 0.6 is 11.6 Å². The van der Waals surface area contributed by atoms with Crippen LogP contribution in [0, 0.1) is 0 Å². The fraction of sp³-hybridized carbons (Fsp3) is 0.278. The largest absolute Gasteiger partial charge is 0.481 e. The molecule has 0 radical (unpaired) electrons. The third kappa shape index (κ3) is 6.01. The van der Waals surface area contributed by atoms with Gasteiger partial charge < -0.3 is 10.1 Å². The second kappa shape index (κ2) is 8.50. The highest BCUT2D eigenvalue weighted by Gasteiger charge is 2.33. The maximum absolute atomic E-state index is 12.9. The minimum atomic E-state index is -4.65. The number of amides is 1. The number of halogens is 4. The molecule has 2 aromatic rings. The predicted octanol–water partition coefficient (Wildman–Crippen LogP) is 4.16. The lowest BCUT2D eigenvalue weighted by Gasteiger charge is -2.18. The van der Waals surface area contributed by atoms with Gasteiger partial charge in [0.05, 0.1) is 22.5 Å². The number of rotatable bonds is 6. The summed E-state index contributed by atoms with van der Waals surface area (Å²) in [6.07, 6.45) is -4.62. The van der Waals surface area contributed by atoms with Crippen molar-refractivity contribution < 1.29 is 31.1 Å². The van der Waals surface area contributed by atoms with Gasteiger partial charge in [0.1, 0.15) is 5.75 Å². The maximum Gasteiger partial charge on any atom is 0.417 e. The Morgan fingerprint density at radius 2 is 1.76 bits per heavy atom. The lowest BCUT2D eigenvalue weighted by molar-refractivity contribution is -0.137. The molecule has 11 heteroatoms. The Balaban J connectivity index is 2.06. The number of carbonyl (C=O) groups is 1. The highest BCUT2D eigenvalue weighted by atomic mass is 35.5. The van der Waals surface area contributed by atoms with Gasteiger partial charge in [-0.15, -0.1) is 0 Å². The van der Waals surface area contributed by atoms with Crippen LogP contribution in [0.25, 0.3) is 0 Å². The molecule has 1 amide bonds. The van der Waals surface area contributed by atoms with Crippen molar-refractivity contribution in [1.82, 2.24) is 0 Å². The van der Waals surface area contributed by atoms with E-state index in [1.54, 1.807) is 0 Å². The zero-order valence-corrected chi connectivity index (χ0v) is 17.2. The first kappa shape index (κ1) is 22.8. The van der Waals surface area contributed by atoms with Crippen LogP contribution in [0.15, 0.2) is 42.5 Å². The van der Waals surface area contributed by atoms with Crippen molar-refractivity contribution in [3.05, 3.63) is 53.1 Å². The molecule has 29 heavy (non-hydrogen) atoms. The Bertz CT molecular complexity index is 995. The van der Waals surface area contributed by atoms with E-state index in [1.165, 1.54) is 44.3 Å². The van der Waals surface area contributed by atoms with Gasteiger partial charge in [-0.3, -0.25) is 9.10 Å². The van der Waals surface area contributed by atoms with Crippen molar-refractivity contribution in [1.29, 1.82) is 0 Å². The number of hydrogen-bond donors (Lipinski definition) is 1. The Hall–Kier alpha value is -2.46. The highest BCUT2D eigenvalue weighted by Crippen LogP contribution is 2.36. The lowest BCUT2D eigenvalue weighted by atomic mass is 10.2. The van der Waals surface area contributed by atoms with Crippen LogP contribution in [0.4, 0.5) is 24.5 Å². The summed E-state index contributed by atoms with van der Waals surface area (Å²) in [5.41, 5.74) is -0.735. The van der Waals surface area contributed by atoms with Crippen molar-refractivity contribution >= 4 is 38.9 Å². The minimum absolute atomic E-state index is 0.0766. The summed E-state index contributed by atoms with van der Waals surface area (Å²) in [5, 5.41) is 1.87. The van der Waals surface area contributed by atoms with Gasteiger partial charge in [0.15, 0.2) is 6.10 Å². The van der Waals surface area contributed by atoms with E-state index in [4.69, 9.17) is 16.3 Å². The molecule has 0 fully saturated rings. The first-order valence-corrected chi connectivity index (χ1v) is 10.4. The number of nitrogens with one attached hydrogen (secondary N) is 1. The molecular weight excluding hydrogens is 433 g/mol. The monoisotopic (exact) mass is 450 g/mol. The van der Waals surface area contributed by atoms with E-state index < -0.39 is 38.8 Å². The zero-order chi connectivity index (χ0) is 22.0. The molecule has 0 aromatic heterocycles. The summed E-state index contributed by atoms with van der Waals surface area (Å²) in [6.45, 7) is 1.42. The fourth-order valence-corrected chi connectivity index (χ4v) is 2.98. The molecule has 0 aliphatic heterocycles. The normalized spacial score (nSPS) is 12.9. The molecule has 1 N–H and O–H groups in total. The second-order valence-corrected chi connectivity index (χ2v) is 8.59. The number of sulfonamides is 1. The molecule has 2 aromatic carbocycles. The molecule has 158 valence electrons. The minimum Gasteiger partial charge on any atom is -0.481 e. The number of benzene rings is 2. The molecule has 0 saturated heterocycles. The number of carbonyl (C=O) groups excluding carboxylic acids is 1. The van der Waals surface area contributed by atoms with E-state index in [-0.39, 0.29) is 11.4 Å². The van der Waals surface area contributed by atoms with Gasteiger partial charge in [-0.2, -0.15) is 13.2 Å². The second-order valence-electron chi connectivity index (χ2n) is 6.17. The summed E-state index contributed by atoms with van der Waals surface area (Å²) < 4.78 is 68.3. The van der Waals surface area contributed by atoms with Gasteiger partial charge in [-0.1, -0.05) is 11.6 Å². The van der Waals surface area contributed by atoms with Crippen LogP contribution in [0.5, 0.6) is 5.75 Å². The van der Waals surface area contributed by atoms with Crippen LogP contribution in [0.1, 0.15) is 12.5 Å². The molecular formula is C18H18ClF3N2O4S. The Labute approximate surface area is 171 Å². The number of ether oxygens (including phenoxy) is 1. The van der Waals surface area contributed by atoms with Gasteiger partial charge in [-0.05, 0) is 49.4 Å². The summed E-state index contributed by atoms with van der Waals surface area (Å²) in [6, 6.07) is 8.98. The third-order valence-corrected chi connectivity index (χ3v) is 5.45. The summed E-state index contributed by atoms with van der Waals surface area (Å²) >= 11 is 5.55. The Kier molecular flexibility index (Phi) is 6.69. The molecule has 2 rings (SSSR count). The number of hydrogen-bond acceptors (Lipinski definition) is 4. The van der Waals surface area contributed by atoms with E-state index in [1.807, 2.05) is 0 Å². The molecule has 0 heterocycles. The first-order valence-electron chi connectivity index (χ1n) is 8.17. The summed E-state index contributed by atoms with van der Waals surface area (Å²) in [7, 11) is -2.03. The van der Waals surface area contributed by atoms with Crippen LogP contribution in [-0.2, 0) is 21.0 Å². The number of anilines is 2. The van der Waals surface area contributed by atoms with Gasteiger partial charge >= 0.3 is 6.18 Å². The van der Waals surface area contributed by atoms with E-state index in [0.717, 1.165) is 22.7 Å². The Morgan fingerprint density at radius 1 is 1.17 bits per heavy atom. The van der Waals surface area contributed by atoms with E-state index in [9.17, 15) is 26.4 Å². The highest BCUT2D eigenvalue weighted by molar-refractivity contribution is 7.92. The van der Waals surface area contributed by atoms with Crippen molar-refractivity contribution in [2.45, 2.75) is 19.2 Å². The SMILES string of the molecule is C[C@@H](Oc1ccc(N(C)S(C)(=O)=O)cc1)C(=O)Nc1ccc(Cl)c(C(F)(F)F)c1. The van der Waals surface area contributed by atoms with Gasteiger partial charge in [0, 0.05) is 12.7 Å². The van der Waals surface area contributed by atoms with E-state index >= 15 is 0 Å². The van der Waals surface area contributed by atoms with Crippen molar-refractivity contribution in [2.75, 3.05) is 22.9 Å². The number of alkyl halides is 3. The summed E-state index contributed by atoms with van der Waals surface area (Å²) in [5.74, 6) is -0.386. The average Bonchev–Trinajstić information content (AvgIpc) is 2.61. The van der Waals surface area contributed by atoms with Gasteiger partial charge in [-0.25, -0.2) is 8.42 Å². The molecule has 1 atom stereocenters. The average molecular weight is 451 g/mol. The van der Waals surface area contributed by atoms with E-state index in [2.05, 4.69) is 5.32 Å². The quantitative estimate of drug-likeness (QED) is 0.717. The van der Waals surface area contributed by atoms with Gasteiger partial charge in [0.2, 0.25) is 10.0 Å². The van der Waals surface area contributed by atoms with Crippen molar-refractivity contribution in [2.24, 2.45) is 0 Å². The molecule has 0 bridgehead atoms. The van der Waals surface area contributed by atoms with E-state index in [0.29, 0.717) is 5.69 Å². The number of nitrogens with zero attached hydrogens (tertiary/aromatic N) is 1. The molecule has 0 saturated carbocycles.